The number of carbonyl (C=O) groups is 2. The highest BCUT2D eigenvalue weighted by Gasteiger charge is 2.16. The molecule has 0 aliphatic carbocycles. The average molecular weight is 386 g/mol. The number of halogens is 2. The summed E-state index contributed by atoms with van der Waals surface area (Å²) in [6.45, 7) is 0. The van der Waals surface area contributed by atoms with Crippen molar-refractivity contribution in [2.75, 3.05) is 5.32 Å². The molecule has 3 rings (SSSR count). The van der Waals surface area contributed by atoms with E-state index >= 15 is 0 Å². The standard InChI is InChI=1S/C20H13Cl2NO3/c21-14-7-9-15(17(22)11-14)19(24)23-18-10-13(6-8-16(18)20(25)26)12-4-2-1-3-5-12/h1-11H,(H,23,24)(H,25,26). The highest BCUT2D eigenvalue weighted by Crippen LogP contribution is 2.27. The zero-order chi connectivity index (χ0) is 18.7. The summed E-state index contributed by atoms with van der Waals surface area (Å²) in [6.07, 6.45) is 0. The molecule has 0 aromatic heterocycles. The molecular weight excluding hydrogens is 373 g/mol. The lowest BCUT2D eigenvalue weighted by Gasteiger charge is -2.12. The summed E-state index contributed by atoms with van der Waals surface area (Å²) in [4.78, 5) is 24.0. The van der Waals surface area contributed by atoms with Gasteiger partial charge in [-0.1, -0.05) is 59.6 Å². The minimum atomic E-state index is -1.14. The van der Waals surface area contributed by atoms with Gasteiger partial charge in [-0.2, -0.15) is 0 Å². The third-order valence-electron chi connectivity index (χ3n) is 3.78. The molecule has 2 N–H and O–H groups in total. The molecule has 130 valence electrons. The van der Waals surface area contributed by atoms with Crippen molar-refractivity contribution in [2.24, 2.45) is 0 Å². The molecule has 0 radical (unpaired) electrons. The Kier molecular flexibility index (Phi) is 5.26. The van der Waals surface area contributed by atoms with Crippen molar-refractivity contribution in [1.82, 2.24) is 0 Å². The fraction of sp³-hybridized carbons (Fsp3) is 0. The van der Waals surface area contributed by atoms with E-state index < -0.39 is 11.9 Å². The molecule has 1 amide bonds. The number of hydrogen-bond donors (Lipinski definition) is 2. The van der Waals surface area contributed by atoms with Gasteiger partial charge in [0.25, 0.3) is 5.91 Å². The number of carboxylic acid groups (broad SMARTS) is 1. The summed E-state index contributed by atoms with van der Waals surface area (Å²) in [5.74, 6) is -1.65. The Bertz CT molecular complexity index is 988. The summed E-state index contributed by atoms with van der Waals surface area (Å²) in [6, 6.07) is 18.7. The van der Waals surface area contributed by atoms with Crippen LogP contribution >= 0.6 is 23.2 Å². The van der Waals surface area contributed by atoms with E-state index in [1.54, 1.807) is 18.2 Å². The molecule has 3 aromatic rings. The molecular formula is C20H13Cl2NO3. The van der Waals surface area contributed by atoms with Crippen LogP contribution in [0.1, 0.15) is 20.7 Å². The fourth-order valence-electron chi connectivity index (χ4n) is 2.51. The Morgan fingerprint density at radius 3 is 2.15 bits per heavy atom. The Morgan fingerprint density at radius 2 is 1.50 bits per heavy atom. The number of carboxylic acids is 1. The van der Waals surface area contributed by atoms with Gasteiger partial charge in [0.2, 0.25) is 0 Å². The van der Waals surface area contributed by atoms with Crippen LogP contribution in [0.2, 0.25) is 10.0 Å². The lowest BCUT2D eigenvalue weighted by Crippen LogP contribution is -2.15. The van der Waals surface area contributed by atoms with Gasteiger partial charge in [-0.3, -0.25) is 4.79 Å². The minimum Gasteiger partial charge on any atom is -0.478 e. The van der Waals surface area contributed by atoms with E-state index in [0.717, 1.165) is 11.1 Å². The second-order valence-corrected chi connectivity index (χ2v) is 6.35. The number of nitrogens with one attached hydrogen (secondary N) is 1. The highest BCUT2D eigenvalue weighted by atomic mass is 35.5. The van der Waals surface area contributed by atoms with Crippen molar-refractivity contribution in [2.45, 2.75) is 0 Å². The number of rotatable bonds is 4. The van der Waals surface area contributed by atoms with Crippen molar-refractivity contribution < 1.29 is 14.7 Å². The first-order valence-corrected chi connectivity index (χ1v) is 8.40. The third kappa shape index (κ3) is 3.87. The Balaban J connectivity index is 1.99. The topological polar surface area (TPSA) is 66.4 Å². The molecule has 0 aliphatic heterocycles. The second kappa shape index (κ2) is 7.60. The van der Waals surface area contributed by atoms with Crippen LogP contribution in [0, 0.1) is 0 Å². The molecule has 3 aromatic carbocycles. The zero-order valence-electron chi connectivity index (χ0n) is 13.4. The minimum absolute atomic E-state index is 0.0110. The lowest BCUT2D eigenvalue weighted by atomic mass is 10.0. The third-order valence-corrected chi connectivity index (χ3v) is 4.33. The van der Waals surface area contributed by atoms with E-state index in [-0.39, 0.29) is 21.8 Å². The smallest absolute Gasteiger partial charge is 0.337 e. The van der Waals surface area contributed by atoms with E-state index in [9.17, 15) is 14.7 Å². The highest BCUT2D eigenvalue weighted by molar-refractivity contribution is 6.37. The Morgan fingerprint density at radius 1 is 0.808 bits per heavy atom. The normalized spacial score (nSPS) is 10.4. The molecule has 0 saturated carbocycles. The van der Waals surface area contributed by atoms with Gasteiger partial charge in [-0.15, -0.1) is 0 Å². The van der Waals surface area contributed by atoms with Gasteiger partial charge >= 0.3 is 5.97 Å². The summed E-state index contributed by atoms with van der Waals surface area (Å²) in [7, 11) is 0. The van der Waals surface area contributed by atoms with Crippen molar-refractivity contribution in [3.05, 3.63) is 87.9 Å². The number of carbonyl (C=O) groups excluding carboxylic acids is 1. The SMILES string of the molecule is O=C(Nc1cc(-c2ccccc2)ccc1C(=O)O)c1ccc(Cl)cc1Cl. The number of amides is 1. The molecule has 26 heavy (non-hydrogen) atoms. The van der Waals surface area contributed by atoms with Gasteiger partial charge in [0, 0.05) is 5.02 Å². The predicted molar refractivity (Wildman–Crippen MR) is 103 cm³/mol. The van der Waals surface area contributed by atoms with Gasteiger partial charge in [0.05, 0.1) is 21.8 Å². The van der Waals surface area contributed by atoms with Crippen LogP contribution in [0.25, 0.3) is 11.1 Å². The number of benzene rings is 3. The second-order valence-electron chi connectivity index (χ2n) is 5.51. The monoisotopic (exact) mass is 385 g/mol. The van der Waals surface area contributed by atoms with Gasteiger partial charge in [-0.05, 0) is 41.5 Å². The molecule has 0 unspecified atom stereocenters. The summed E-state index contributed by atoms with van der Waals surface area (Å²) in [5.41, 5.74) is 2.08. The van der Waals surface area contributed by atoms with Crippen molar-refractivity contribution in [1.29, 1.82) is 0 Å². The van der Waals surface area contributed by atoms with E-state index in [4.69, 9.17) is 23.2 Å². The van der Waals surface area contributed by atoms with E-state index in [1.807, 2.05) is 30.3 Å². The van der Waals surface area contributed by atoms with Crippen LogP contribution in [0.3, 0.4) is 0 Å². The maximum absolute atomic E-state index is 12.5. The van der Waals surface area contributed by atoms with Crippen LogP contribution in [0.5, 0.6) is 0 Å². The lowest BCUT2D eigenvalue weighted by molar-refractivity contribution is 0.0698. The molecule has 6 heteroatoms. The van der Waals surface area contributed by atoms with Crippen LogP contribution in [0.15, 0.2) is 66.7 Å². The van der Waals surface area contributed by atoms with Gasteiger partial charge in [0.15, 0.2) is 0 Å². The first kappa shape index (κ1) is 18.0. The van der Waals surface area contributed by atoms with Crippen molar-refractivity contribution in [3.63, 3.8) is 0 Å². The maximum Gasteiger partial charge on any atom is 0.337 e. The maximum atomic E-state index is 12.5. The van der Waals surface area contributed by atoms with E-state index in [1.165, 1.54) is 18.2 Å². The summed E-state index contributed by atoms with van der Waals surface area (Å²) in [5, 5.41) is 12.6. The van der Waals surface area contributed by atoms with Gasteiger partial charge in [0.1, 0.15) is 0 Å². The predicted octanol–water partition coefficient (Wildman–Crippen LogP) is 5.61. The Hall–Kier alpha value is -2.82. The molecule has 0 bridgehead atoms. The molecule has 0 heterocycles. The van der Waals surface area contributed by atoms with Crippen LogP contribution < -0.4 is 5.32 Å². The van der Waals surface area contributed by atoms with Gasteiger partial charge < -0.3 is 10.4 Å². The average Bonchev–Trinajstić information content (AvgIpc) is 2.62. The molecule has 4 nitrogen and oxygen atoms in total. The van der Waals surface area contributed by atoms with Crippen LogP contribution in [-0.4, -0.2) is 17.0 Å². The Labute approximate surface area is 160 Å². The number of hydrogen-bond acceptors (Lipinski definition) is 2. The van der Waals surface area contributed by atoms with E-state index in [0.29, 0.717) is 5.02 Å². The zero-order valence-corrected chi connectivity index (χ0v) is 14.9. The molecule has 0 fully saturated rings. The first-order chi connectivity index (χ1) is 12.5. The largest absolute Gasteiger partial charge is 0.478 e. The van der Waals surface area contributed by atoms with Crippen molar-refractivity contribution in [3.8, 4) is 11.1 Å². The number of aromatic carboxylic acids is 1. The molecule has 0 aliphatic rings. The summed E-state index contributed by atoms with van der Waals surface area (Å²) >= 11 is 11.9. The quantitative estimate of drug-likeness (QED) is 0.613. The van der Waals surface area contributed by atoms with Crippen LogP contribution in [-0.2, 0) is 0 Å². The molecule has 0 saturated heterocycles. The van der Waals surface area contributed by atoms with Crippen molar-refractivity contribution >= 4 is 40.8 Å². The summed E-state index contributed by atoms with van der Waals surface area (Å²) < 4.78 is 0. The first-order valence-electron chi connectivity index (χ1n) is 7.65. The van der Waals surface area contributed by atoms with Gasteiger partial charge in [-0.25, -0.2) is 4.79 Å². The fourth-order valence-corrected chi connectivity index (χ4v) is 3.00. The van der Waals surface area contributed by atoms with Crippen LogP contribution in [0.4, 0.5) is 5.69 Å². The molecule has 0 atom stereocenters. The van der Waals surface area contributed by atoms with E-state index in [2.05, 4.69) is 5.32 Å². The number of anilines is 1. The molecule has 0 spiro atoms.